The number of carbonyl (C=O) groups excluding carboxylic acids is 1. The van der Waals surface area contributed by atoms with Gasteiger partial charge in [0.15, 0.2) is 0 Å². The minimum absolute atomic E-state index is 0.359. The number of alkyl halides is 3. The molecule has 2 atom stereocenters. The van der Waals surface area contributed by atoms with Crippen molar-refractivity contribution < 1.29 is 27.4 Å². The SMILES string of the molecule is CCC(C)(C)C1C(=O)OC(OCC(F)(F)F)c2ccccc21. The third-order valence-electron chi connectivity index (χ3n) is 4.11. The number of carbonyl (C=O) groups is 1. The first kappa shape index (κ1) is 16.8. The number of ether oxygens (including phenoxy) is 2. The molecule has 2 unspecified atom stereocenters. The molecule has 122 valence electrons. The van der Waals surface area contributed by atoms with E-state index < -0.39 is 31.0 Å². The van der Waals surface area contributed by atoms with Gasteiger partial charge >= 0.3 is 12.1 Å². The molecule has 6 heteroatoms. The predicted molar refractivity (Wildman–Crippen MR) is 74.1 cm³/mol. The van der Waals surface area contributed by atoms with E-state index in [0.717, 1.165) is 6.42 Å². The molecular weight excluding hydrogens is 297 g/mol. The highest BCUT2D eigenvalue weighted by Gasteiger charge is 2.44. The Morgan fingerprint density at radius 2 is 1.77 bits per heavy atom. The quantitative estimate of drug-likeness (QED) is 0.775. The molecule has 0 fully saturated rings. The maximum atomic E-state index is 12.3. The molecule has 0 aromatic heterocycles. The lowest BCUT2D eigenvalue weighted by Crippen LogP contribution is -2.37. The fourth-order valence-corrected chi connectivity index (χ4v) is 2.59. The highest BCUT2D eigenvalue weighted by molar-refractivity contribution is 5.81. The Bertz CT molecular complexity index is 552. The summed E-state index contributed by atoms with van der Waals surface area (Å²) < 4.78 is 46.9. The number of halogens is 3. The highest BCUT2D eigenvalue weighted by Crippen LogP contribution is 2.46. The number of benzene rings is 1. The molecular formula is C16H19F3O3. The van der Waals surface area contributed by atoms with Crippen molar-refractivity contribution in [1.29, 1.82) is 0 Å². The van der Waals surface area contributed by atoms with E-state index in [1.54, 1.807) is 24.3 Å². The van der Waals surface area contributed by atoms with Crippen LogP contribution in [0.15, 0.2) is 24.3 Å². The third kappa shape index (κ3) is 3.43. The van der Waals surface area contributed by atoms with Crippen LogP contribution >= 0.6 is 0 Å². The minimum Gasteiger partial charge on any atom is -0.431 e. The second-order valence-corrected chi connectivity index (χ2v) is 6.10. The lowest BCUT2D eigenvalue weighted by atomic mass is 9.71. The first-order valence-corrected chi connectivity index (χ1v) is 7.13. The summed E-state index contributed by atoms with van der Waals surface area (Å²) >= 11 is 0. The maximum Gasteiger partial charge on any atom is 0.411 e. The molecule has 1 aliphatic heterocycles. The molecule has 1 aromatic rings. The topological polar surface area (TPSA) is 35.5 Å². The highest BCUT2D eigenvalue weighted by atomic mass is 19.4. The van der Waals surface area contributed by atoms with Crippen LogP contribution in [-0.4, -0.2) is 18.8 Å². The Balaban J connectivity index is 2.35. The molecule has 0 spiro atoms. The lowest BCUT2D eigenvalue weighted by Gasteiger charge is -2.38. The molecule has 1 heterocycles. The van der Waals surface area contributed by atoms with Crippen LogP contribution in [0.3, 0.4) is 0 Å². The van der Waals surface area contributed by atoms with Gasteiger partial charge in [-0.25, -0.2) is 0 Å². The Morgan fingerprint density at radius 3 is 2.32 bits per heavy atom. The van der Waals surface area contributed by atoms with Crippen molar-refractivity contribution in [3.8, 4) is 0 Å². The Labute approximate surface area is 127 Å². The smallest absolute Gasteiger partial charge is 0.411 e. The zero-order chi connectivity index (χ0) is 16.5. The van der Waals surface area contributed by atoms with Crippen molar-refractivity contribution in [1.82, 2.24) is 0 Å². The van der Waals surface area contributed by atoms with E-state index in [2.05, 4.69) is 0 Å². The molecule has 3 nitrogen and oxygen atoms in total. The summed E-state index contributed by atoms with van der Waals surface area (Å²) in [6.07, 6.45) is -5.05. The van der Waals surface area contributed by atoms with E-state index in [1.807, 2.05) is 20.8 Å². The average molecular weight is 316 g/mol. The zero-order valence-corrected chi connectivity index (χ0v) is 12.7. The minimum atomic E-state index is -4.47. The number of rotatable bonds is 4. The largest absolute Gasteiger partial charge is 0.431 e. The molecule has 1 aliphatic rings. The number of cyclic esters (lactones) is 1. The van der Waals surface area contributed by atoms with E-state index in [-0.39, 0.29) is 5.41 Å². The zero-order valence-electron chi connectivity index (χ0n) is 12.7. The molecule has 1 aromatic carbocycles. The van der Waals surface area contributed by atoms with Crippen molar-refractivity contribution in [3.05, 3.63) is 35.4 Å². The monoisotopic (exact) mass is 316 g/mol. The number of hydrogen-bond donors (Lipinski definition) is 0. The van der Waals surface area contributed by atoms with Crippen LogP contribution < -0.4 is 0 Å². The van der Waals surface area contributed by atoms with E-state index in [0.29, 0.717) is 11.1 Å². The van der Waals surface area contributed by atoms with E-state index in [9.17, 15) is 18.0 Å². The third-order valence-corrected chi connectivity index (χ3v) is 4.11. The second kappa shape index (κ2) is 5.91. The molecule has 0 amide bonds. The van der Waals surface area contributed by atoms with Gasteiger partial charge in [0, 0.05) is 5.56 Å². The number of hydrogen-bond acceptors (Lipinski definition) is 3. The van der Waals surface area contributed by atoms with E-state index in [4.69, 9.17) is 9.47 Å². The van der Waals surface area contributed by atoms with Gasteiger partial charge in [-0.05, 0) is 17.4 Å². The number of esters is 1. The molecule has 0 N–H and O–H groups in total. The van der Waals surface area contributed by atoms with Crippen molar-refractivity contribution in [2.75, 3.05) is 6.61 Å². The van der Waals surface area contributed by atoms with Gasteiger partial charge in [-0.15, -0.1) is 0 Å². The van der Waals surface area contributed by atoms with Crippen molar-refractivity contribution in [3.63, 3.8) is 0 Å². The van der Waals surface area contributed by atoms with Gasteiger partial charge in [0.2, 0.25) is 6.29 Å². The van der Waals surface area contributed by atoms with Gasteiger partial charge in [0.25, 0.3) is 0 Å². The average Bonchev–Trinajstić information content (AvgIpc) is 2.43. The fraction of sp³-hybridized carbons (Fsp3) is 0.562. The molecule has 0 saturated heterocycles. The van der Waals surface area contributed by atoms with Gasteiger partial charge in [0.1, 0.15) is 6.61 Å². The molecule has 0 bridgehead atoms. The van der Waals surface area contributed by atoms with Crippen LogP contribution in [-0.2, 0) is 14.3 Å². The Kier molecular flexibility index (Phi) is 4.52. The van der Waals surface area contributed by atoms with Gasteiger partial charge in [-0.3, -0.25) is 4.79 Å². The predicted octanol–water partition coefficient (Wildman–Crippen LogP) is 4.34. The molecule has 2 rings (SSSR count). The molecule has 0 saturated carbocycles. The summed E-state index contributed by atoms with van der Waals surface area (Å²) in [7, 11) is 0. The lowest BCUT2D eigenvalue weighted by molar-refractivity contribution is -0.235. The fourth-order valence-electron chi connectivity index (χ4n) is 2.59. The van der Waals surface area contributed by atoms with Crippen LogP contribution in [0.5, 0.6) is 0 Å². The standard InChI is InChI=1S/C16H19F3O3/c1-4-15(2,3)12-10-7-5-6-8-11(10)14(22-13(12)20)21-9-16(17,18)19/h5-8,12,14H,4,9H2,1-3H3. The van der Waals surface area contributed by atoms with Crippen LogP contribution in [0.1, 0.15) is 50.5 Å². The van der Waals surface area contributed by atoms with Crippen molar-refractivity contribution in [2.24, 2.45) is 5.41 Å². The van der Waals surface area contributed by atoms with Gasteiger partial charge in [-0.1, -0.05) is 45.0 Å². The van der Waals surface area contributed by atoms with Gasteiger partial charge < -0.3 is 9.47 Å². The summed E-state index contributed by atoms with van der Waals surface area (Å²) in [5, 5.41) is 0. The van der Waals surface area contributed by atoms with Crippen LogP contribution in [0.2, 0.25) is 0 Å². The molecule has 0 radical (unpaired) electrons. The Morgan fingerprint density at radius 1 is 1.18 bits per heavy atom. The molecule has 0 aliphatic carbocycles. The van der Waals surface area contributed by atoms with E-state index >= 15 is 0 Å². The molecule has 22 heavy (non-hydrogen) atoms. The van der Waals surface area contributed by atoms with Crippen LogP contribution in [0.4, 0.5) is 13.2 Å². The Hall–Kier alpha value is -1.56. The first-order chi connectivity index (χ1) is 10.2. The van der Waals surface area contributed by atoms with Crippen LogP contribution in [0.25, 0.3) is 0 Å². The summed E-state index contributed by atoms with van der Waals surface area (Å²) in [6.45, 7) is 4.38. The van der Waals surface area contributed by atoms with Crippen molar-refractivity contribution >= 4 is 5.97 Å². The summed E-state index contributed by atoms with van der Waals surface area (Å²) in [5.41, 5.74) is 0.804. The van der Waals surface area contributed by atoms with E-state index in [1.165, 1.54) is 0 Å². The van der Waals surface area contributed by atoms with Crippen molar-refractivity contribution in [2.45, 2.75) is 45.6 Å². The normalized spacial score (nSPS) is 22.2. The summed E-state index contributed by atoms with van der Waals surface area (Å²) in [4.78, 5) is 12.3. The van der Waals surface area contributed by atoms with Gasteiger partial charge in [-0.2, -0.15) is 13.2 Å². The number of fused-ring (bicyclic) bond motifs is 1. The van der Waals surface area contributed by atoms with Gasteiger partial charge in [0.05, 0.1) is 5.92 Å². The first-order valence-electron chi connectivity index (χ1n) is 7.13. The summed E-state index contributed by atoms with van der Waals surface area (Å²) in [6, 6.07) is 6.85. The summed E-state index contributed by atoms with van der Waals surface area (Å²) in [5.74, 6) is -1.06. The second-order valence-electron chi connectivity index (χ2n) is 6.10. The maximum absolute atomic E-state index is 12.3. The van der Waals surface area contributed by atoms with Crippen LogP contribution in [0, 0.1) is 5.41 Å².